The molecule has 0 aliphatic carbocycles. The van der Waals surface area contributed by atoms with Crippen LogP contribution in [-0.2, 0) is 11.3 Å². The van der Waals surface area contributed by atoms with E-state index in [4.69, 9.17) is 5.73 Å². The van der Waals surface area contributed by atoms with Crippen molar-refractivity contribution in [1.82, 2.24) is 10.2 Å². The van der Waals surface area contributed by atoms with Crippen LogP contribution in [0.4, 0.5) is 0 Å². The summed E-state index contributed by atoms with van der Waals surface area (Å²) in [5, 5.41) is 2.83. The highest BCUT2D eigenvalue weighted by atomic mass is 16.1. The second-order valence-corrected chi connectivity index (χ2v) is 4.60. The van der Waals surface area contributed by atoms with Gasteiger partial charge >= 0.3 is 0 Å². The van der Waals surface area contributed by atoms with Gasteiger partial charge in [-0.3, -0.25) is 9.69 Å². The smallest absolute Gasteiger partial charge is 0.221 e. The molecular formula is C15H25N3O. The molecule has 0 bridgehead atoms. The quantitative estimate of drug-likeness (QED) is 0.744. The summed E-state index contributed by atoms with van der Waals surface area (Å²) in [6, 6.07) is 10.4. The molecule has 0 spiro atoms. The Balaban J connectivity index is 2.62. The first kappa shape index (κ1) is 15.7. The van der Waals surface area contributed by atoms with Crippen LogP contribution in [0.25, 0.3) is 0 Å². The Morgan fingerprint density at radius 1 is 1.32 bits per heavy atom. The number of carbonyl (C=O) groups excluding carboxylic acids is 1. The summed E-state index contributed by atoms with van der Waals surface area (Å²) < 4.78 is 0. The van der Waals surface area contributed by atoms with Crippen molar-refractivity contribution in [1.29, 1.82) is 0 Å². The highest BCUT2D eigenvalue weighted by molar-refractivity contribution is 5.76. The summed E-state index contributed by atoms with van der Waals surface area (Å²) in [7, 11) is 0. The Labute approximate surface area is 116 Å². The third-order valence-corrected chi connectivity index (χ3v) is 3.22. The summed E-state index contributed by atoms with van der Waals surface area (Å²) in [4.78, 5) is 13.9. The molecule has 1 unspecified atom stereocenters. The maximum atomic E-state index is 11.7. The lowest BCUT2D eigenvalue weighted by molar-refractivity contribution is -0.122. The van der Waals surface area contributed by atoms with Gasteiger partial charge in [-0.25, -0.2) is 0 Å². The molecule has 0 radical (unpaired) electrons. The van der Waals surface area contributed by atoms with E-state index in [1.54, 1.807) is 0 Å². The minimum Gasteiger partial charge on any atom is -0.356 e. The second kappa shape index (κ2) is 8.67. The number of amides is 1. The van der Waals surface area contributed by atoms with E-state index in [1.165, 1.54) is 5.56 Å². The fraction of sp³-hybridized carbons (Fsp3) is 0.533. The average molecular weight is 263 g/mol. The summed E-state index contributed by atoms with van der Waals surface area (Å²) >= 11 is 0. The van der Waals surface area contributed by atoms with Gasteiger partial charge in [0.05, 0.1) is 0 Å². The lowest BCUT2D eigenvalue weighted by Gasteiger charge is -2.29. The van der Waals surface area contributed by atoms with Gasteiger partial charge in [0, 0.05) is 32.1 Å². The van der Waals surface area contributed by atoms with Crippen molar-refractivity contribution >= 4 is 5.91 Å². The molecule has 19 heavy (non-hydrogen) atoms. The molecule has 0 fully saturated rings. The molecule has 4 nitrogen and oxygen atoms in total. The number of nitrogens with zero attached hydrogens (tertiary/aromatic N) is 1. The van der Waals surface area contributed by atoms with Gasteiger partial charge in [0.1, 0.15) is 0 Å². The number of benzene rings is 1. The van der Waals surface area contributed by atoms with Gasteiger partial charge in [-0.05, 0) is 19.0 Å². The third kappa shape index (κ3) is 5.41. The number of likely N-dealkylation sites (N-methyl/N-ethyl adjacent to an activating group) is 1. The van der Waals surface area contributed by atoms with Crippen LogP contribution in [0.1, 0.15) is 25.8 Å². The maximum absolute atomic E-state index is 11.7. The standard InChI is InChI=1S/C15H25N3O/c1-3-17-15(19)10-14(11-16)18(4-2)12-13-8-6-5-7-9-13/h5-9,14H,3-4,10-12,16H2,1-2H3,(H,17,19). The SMILES string of the molecule is CCNC(=O)CC(CN)N(CC)Cc1ccccc1. The van der Waals surface area contributed by atoms with Crippen molar-refractivity contribution in [2.24, 2.45) is 5.73 Å². The first-order valence-corrected chi connectivity index (χ1v) is 6.96. The molecule has 3 N–H and O–H groups in total. The van der Waals surface area contributed by atoms with Crippen LogP contribution in [0.3, 0.4) is 0 Å². The normalized spacial score (nSPS) is 12.4. The number of nitrogens with one attached hydrogen (secondary N) is 1. The molecule has 0 saturated heterocycles. The summed E-state index contributed by atoms with van der Waals surface area (Å²) in [5.74, 6) is 0.0736. The number of hydrogen-bond donors (Lipinski definition) is 2. The largest absolute Gasteiger partial charge is 0.356 e. The molecule has 1 atom stereocenters. The van der Waals surface area contributed by atoms with Gasteiger partial charge < -0.3 is 11.1 Å². The Bertz CT molecular complexity index is 367. The lowest BCUT2D eigenvalue weighted by Crippen LogP contribution is -2.43. The third-order valence-electron chi connectivity index (χ3n) is 3.22. The van der Waals surface area contributed by atoms with E-state index in [0.29, 0.717) is 19.5 Å². The highest BCUT2D eigenvalue weighted by Gasteiger charge is 2.18. The van der Waals surface area contributed by atoms with Crippen LogP contribution < -0.4 is 11.1 Å². The van der Waals surface area contributed by atoms with Crippen molar-refractivity contribution in [2.75, 3.05) is 19.6 Å². The van der Waals surface area contributed by atoms with E-state index in [-0.39, 0.29) is 11.9 Å². The molecule has 1 rings (SSSR count). The Morgan fingerprint density at radius 2 is 2.00 bits per heavy atom. The van der Waals surface area contributed by atoms with E-state index in [1.807, 2.05) is 25.1 Å². The van der Waals surface area contributed by atoms with Crippen LogP contribution in [0, 0.1) is 0 Å². The van der Waals surface area contributed by atoms with Crippen molar-refractivity contribution in [3.8, 4) is 0 Å². The molecule has 1 amide bonds. The maximum Gasteiger partial charge on any atom is 0.221 e. The van der Waals surface area contributed by atoms with E-state index in [2.05, 4.69) is 29.3 Å². The van der Waals surface area contributed by atoms with Crippen LogP contribution >= 0.6 is 0 Å². The molecule has 106 valence electrons. The Kier molecular flexibility index (Phi) is 7.15. The minimum atomic E-state index is 0.0736. The van der Waals surface area contributed by atoms with Gasteiger partial charge in [-0.15, -0.1) is 0 Å². The first-order chi connectivity index (χ1) is 9.21. The predicted molar refractivity (Wildman–Crippen MR) is 78.7 cm³/mol. The van der Waals surface area contributed by atoms with E-state index in [0.717, 1.165) is 13.1 Å². The van der Waals surface area contributed by atoms with Crippen LogP contribution in [0.15, 0.2) is 30.3 Å². The molecule has 0 aliphatic rings. The molecule has 0 heterocycles. The molecule has 4 heteroatoms. The monoisotopic (exact) mass is 263 g/mol. The van der Waals surface area contributed by atoms with Gasteiger partial charge in [-0.2, -0.15) is 0 Å². The van der Waals surface area contributed by atoms with Crippen molar-refractivity contribution in [3.63, 3.8) is 0 Å². The van der Waals surface area contributed by atoms with Gasteiger partial charge in [0.15, 0.2) is 0 Å². The predicted octanol–water partition coefficient (Wildman–Crippen LogP) is 1.36. The zero-order valence-electron chi connectivity index (χ0n) is 11.9. The lowest BCUT2D eigenvalue weighted by atomic mass is 10.1. The number of nitrogens with two attached hydrogens (primary N) is 1. The Hall–Kier alpha value is -1.39. The first-order valence-electron chi connectivity index (χ1n) is 6.96. The van der Waals surface area contributed by atoms with Gasteiger partial charge in [0.25, 0.3) is 0 Å². The minimum absolute atomic E-state index is 0.0736. The highest BCUT2D eigenvalue weighted by Crippen LogP contribution is 2.10. The van der Waals surface area contributed by atoms with Crippen molar-refractivity contribution < 1.29 is 4.79 Å². The molecule has 1 aromatic rings. The van der Waals surface area contributed by atoms with Gasteiger partial charge in [-0.1, -0.05) is 37.3 Å². The van der Waals surface area contributed by atoms with Crippen LogP contribution in [-0.4, -0.2) is 36.5 Å². The molecule has 1 aromatic carbocycles. The topological polar surface area (TPSA) is 58.4 Å². The number of rotatable bonds is 8. The zero-order valence-corrected chi connectivity index (χ0v) is 11.9. The fourth-order valence-corrected chi connectivity index (χ4v) is 2.16. The Morgan fingerprint density at radius 3 is 2.53 bits per heavy atom. The number of carbonyl (C=O) groups is 1. The fourth-order valence-electron chi connectivity index (χ4n) is 2.16. The molecule has 0 saturated carbocycles. The molecular weight excluding hydrogens is 238 g/mol. The zero-order chi connectivity index (χ0) is 14.1. The van der Waals surface area contributed by atoms with Crippen LogP contribution in [0.5, 0.6) is 0 Å². The van der Waals surface area contributed by atoms with Gasteiger partial charge in [0.2, 0.25) is 5.91 Å². The molecule has 0 aromatic heterocycles. The van der Waals surface area contributed by atoms with Crippen LogP contribution in [0.2, 0.25) is 0 Å². The van der Waals surface area contributed by atoms with Crippen molar-refractivity contribution in [2.45, 2.75) is 32.9 Å². The van der Waals surface area contributed by atoms with E-state index in [9.17, 15) is 4.79 Å². The number of hydrogen-bond acceptors (Lipinski definition) is 3. The second-order valence-electron chi connectivity index (χ2n) is 4.60. The average Bonchev–Trinajstić information content (AvgIpc) is 2.44. The summed E-state index contributed by atoms with van der Waals surface area (Å²) in [6.07, 6.45) is 0.463. The summed E-state index contributed by atoms with van der Waals surface area (Å²) in [6.45, 7) is 6.91. The summed E-state index contributed by atoms with van der Waals surface area (Å²) in [5.41, 5.74) is 7.07. The molecule has 0 aliphatic heterocycles. The van der Waals surface area contributed by atoms with E-state index < -0.39 is 0 Å². The van der Waals surface area contributed by atoms with Crippen molar-refractivity contribution in [3.05, 3.63) is 35.9 Å². The van der Waals surface area contributed by atoms with E-state index >= 15 is 0 Å².